The molecule has 1 saturated heterocycles. The molecule has 2 aliphatic heterocycles. The van der Waals surface area contributed by atoms with E-state index in [1.807, 2.05) is 11.0 Å². The molecule has 1 fully saturated rings. The maximum atomic E-state index is 13.4. The van der Waals surface area contributed by atoms with Gasteiger partial charge in [0.05, 0.1) is 0 Å². The van der Waals surface area contributed by atoms with Crippen molar-refractivity contribution in [3.63, 3.8) is 0 Å². The second-order valence-electron chi connectivity index (χ2n) is 9.30. The molecule has 8 heteroatoms. The predicted molar refractivity (Wildman–Crippen MR) is 133 cm³/mol. The van der Waals surface area contributed by atoms with Gasteiger partial charge in [0, 0.05) is 31.0 Å². The molecular formula is C28H30FN3O4. The zero-order chi connectivity index (χ0) is 24.9. The fourth-order valence-corrected chi connectivity index (χ4v) is 4.79. The number of fused-ring (bicyclic) bond motifs is 1. The summed E-state index contributed by atoms with van der Waals surface area (Å²) in [5, 5.41) is 0. The first-order valence-corrected chi connectivity index (χ1v) is 12.4. The van der Waals surface area contributed by atoms with E-state index in [0.29, 0.717) is 41.7 Å². The molecule has 0 atom stereocenters. The second-order valence-corrected chi connectivity index (χ2v) is 9.30. The lowest BCUT2D eigenvalue weighted by Crippen LogP contribution is -2.41. The van der Waals surface area contributed by atoms with Crippen LogP contribution in [0.15, 0.2) is 48.8 Å². The molecule has 36 heavy (non-hydrogen) atoms. The second kappa shape index (κ2) is 10.9. The summed E-state index contributed by atoms with van der Waals surface area (Å²) < 4.78 is 30.6. The van der Waals surface area contributed by atoms with Gasteiger partial charge in [-0.15, -0.1) is 0 Å². The van der Waals surface area contributed by atoms with E-state index in [4.69, 9.17) is 14.2 Å². The van der Waals surface area contributed by atoms with Crippen LogP contribution in [0.4, 0.5) is 4.39 Å². The number of amides is 1. The summed E-state index contributed by atoms with van der Waals surface area (Å²) in [6.07, 6.45) is 7.12. The van der Waals surface area contributed by atoms with Crippen LogP contribution in [-0.4, -0.2) is 53.7 Å². The van der Waals surface area contributed by atoms with E-state index in [9.17, 15) is 9.18 Å². The summed E-state index contributed by atoms with van der Waals surface area (Å²) in [4.78, 5) is 22.8. The average molecular weight is 492 g/mol. The third-order valence-corrected chi connectivity index (χ3v) is 6.87. The molecule has 0 bridgehead atoms. The van der Waals surface area contributed by atoms with Crippen LogP contribution in [0.3, 0.4) is 0 Å². The first-order valence-electron chi connectivity index (χ1n) is 12.4. The molecule has 3 aromatic rings. The number of carbonyl (C=O) groups is 1. The smallest absolute Gasteiger partial charge is 0.260 e. The summed E-state index contributed by atoms with van der Waals surface area (Å²) in [7, 11) is 0. The van der Waals surface area contributed by atoms with Crippen molar-refractivity contribution in [2.45, 2.75) is 32.6 Å². The highest BCUT2D eigenvalue weighted by atomic mass is 19.1. The number of ether oxygens (including phenoxy) is 3. The topological polar surface area (TPSA) is 73.8 Å². The number of hydrogen-bond acceptors (Lipinski definition) is 6. The van der Waals surface area contributed by atoms with Crippen LogP contribution >= 0.6 is 0 Å². The summed E-state index contributed by atoms with van der Waals surface area (Å²) >= 11 is 0. The van der Waals surface area contributed by atoms with Crippen LogP contribution in [0, 0.1) is 18.8 Å². The largest absolute Gasteiger partial charge is 0.486 e. The van der Waals surface area contributed by atoms with Crippen molar-refractivity contribution in [1.82, 2.24) is 14.9 Å². The molecule has 1 amide bonds. The number of rotatable bonds is 7. The Morgan fingerprint density at radius 3 is 2.72 bits per heavy atom. The molecule has 0 aliphatic carbocycles. The Labute approximate surface area is 210 Å². The van der Waals surface area contributed by atoms with Crippen molar-refractivity contribution in [3.8, 4) is 28.5 Å². The van der Waals surface area contributed by atoms with Crippen molar-refractivity contribution >= 4 is 5.91 Å². The Morgan fingerprint density at radius 2 is 1.92 bits per heavy atom. The lowest BCUT2D eigenvalue weighted by molar-refractivity contribution is -0.134. The van der Waals surface area contributed by atoms with E-state index in [1.165, 1.54) is 17.8 Å². The molecule has 2 aromatic heterocycles. The standard InChI is InChI=1S/C28H30FN3O4/c1-19-15-26(29)31-17-22(19)28-24(3-2-10-30-28)36-18-27(33)32-11-8-20(9-12-32)4-5-21-6-7-23-25(16-21)35-14-13-34-23/h2-3,6-7,10,15-17,20H,4-5,8-9,11-14,18H2,1H3. The zero-order valence-electron chi connectivity index (χ0n) is 20.4. The average Bonchev–Trinajstić information content (AvgIpc) is 2.91. The number of likely N-dealkylation sites (tertiary alicyclic amines) is 1. The van der Waals surface area contributed by atoms with Gasteiger partial charge < -0.3 is 19.1 Å². The minimum Gasteiger partial charge on any atom is -0.486 e. The maximum Gasteiger partial charge on any atom is 0.260 e. The van der Waals surface area contributed by atoms with E-state index in [1.54, 1.807) is 25.3 Å². The van der Waals surface area contributed by atoms with Crippen LogP contribution in [0.25, 0.3) is 11.3 Å². The third-order valence-electron chi connectivity index (χ3n) is 6.87. The summed E-state index contributed by atoms with van der Waals surface area (Å²) in [5.74, 6) is 2.14. The highest BCUT2D eigenvalue weighted by Gasteiger charge is 2.24. The number of piperidine rings is 1. The minimum atomic E-state index is -0.542. The molecule has 0 N–H and O–H groups in total. The van der Waals surface area contributed by atoms with Crippen LogP contribution < -0.4 is 14.2 Å². The van der Waals surface area contributed by atoms with Gasteiger partial charge >= 0.3 is 0 Å². The van der Waals surface area contributed by atoms with Gasteiger partial charge in [0.25, 0.3) is 5.91 Å². The van der Waals surface area contributed by atoms with Gasteiger partial charge in [-0.2, -0.15) is 4.39 Å². The highest BCUT2D eigenvalue weighted by Crippen LogP contribution is 2.32. The Balaban J connectivity index is 1.11. The van der Waals surface area contributed by atoms with E-state index in [0.717, 1.165) is 50.3 Å². The minimum absolute atomic E-state index is 0.0379. The van der Waals surface area contributed by atoms with Gasteiger partial charge in [0.15, 0.2) is 18.1 Å². The van der Waals surface area contributed by atoms with Crippen molar-refractivity contribution in [2.75, 3.05) is 32.9 Å². The zero-order valence-corrected chi connectivity index (χ0v) is 20.4. The molecule has 7 nitrogen and oxygen atoms in total. The van der Waals surface area contributed by atoms with E-state index in [-0.39, 0.29) is 12.5 Å². The first kappa shape index (κ1) is 24.0. The number of nitrogens with zero attached hydrogens (tertiary/aromatic N) is 3. The number of aromatic nitrogens is 2. The third kappa shape index (κ3) is 5.58. The number of benzene rings is 1. The monoisotopic (exact) mass is 491 g/mol. The highest BCUT2D eigenvalue weighted by molar-refractivity contribution is 5.78. The summed E-state index contributed by atoms with van der Waals surface area (Å²) in [5.41, 5.74) is 3.19. The number of hydrogen-bond donors (Lipinski definition) is 0. The molecule has 5 rings (SSSR count). The van der Waals surface area contributed by atoms with Crippen molar-refractivity contribution < 1.29 is 23.4 Å². The quantitative estimate of drug-likeness (QED) is 0.450. The Kier molecular flexibility index (Phi) is 7.30. The molecule has 1 aromatic carbocycles. The fraction of sp³-hybridized carbons (Fsp3) is 0.393. The molecule has 188 valence electrons. The molecular weight excluding hydrogens is 461 g/mol. The lowest BCUT2D eigenvalue weighted by atomic mass is 9.90. The number of pyridine rings is 2. The Hall–Kier alpha value is -3.68. The molecule has 4 heterocycles. The SMILES string of the molecule is Cc1cc(F)ncc1-c1ncccc1OCC(=O)N1CCC(CCc2ccc3c(c2)OCCO3)CC1. The van der Waals surface area contributed by atoms with Gasteiger partial charge in [0.2, 0.25) is 5.95 Å². The number of carbonyl (C=O) groups excluding carboxylic acids is 1. The van der Waals surface area contributed by atoms with E-state index >= 15 is 0 Å². The molecule has 2 aliphatic rings. The molecule has 0 unspecified atom stereocenters. The van der Waals surface area contributed by atoms with Crippen molar-refractivity contribution in [1.29, 1.82) is 0 Å². The van der Waals surface area contributed by atoms with Crippen molar-refractivity contribution in [3.05, 3.63) is 65.9 Å². The normalized spacial score (nSPS) is 15.6. The van der Waals surface area contributed by atoms with Gasteiger partial charge in [-0.3, -0.25) is 9.78 Å². The van der Waals surface area contributed by atoms with Crippen molar-refractivity contribution in [2.24, 2.45) is 5.92 Å². The van der Waals surface area contributed by atoms with E-state index in [2.05, 4.69) is 22.1 Å². The van der Waals surface area contributed by atoms with Gasteiger partial charge in [-0.05, 0) is 80.0 Å². The van der Waals surface area contributed by atoms with Gasteiger partial charge in [0.1, 0.15) is 24.7 Å². The summed E-state index contributed by atoms with van der Waals surface area (Å²) in [6, 6.07) is 11.1. The number of aryl methyl sites for hydroxylation is 2. The van der Waals surface area contributed by atoms with Gasteiger partial charge in [-0.1, -0.05) is 6.07 Å². The molecule has 0 spiro atoms. The first-order chi connectivity index (χ1) is 17.6. The lowest BCUT2D eigenvalue weighted by Gasteiger charge is -2.32. The molecule has 0 radical (unpaired) electrons. The fourth-order valence-electron chi connectivity index (χ4n) is 4.79. The van der Waals surface area contributed by atoms with Crippen LogP contribution in [0.5, 0.6) is 17.2 Å². The molecule has 0 saturated carbocycles. The van der Waals surface area contributed by atoms with E-state index < -0.39 is 5.95 Å². The Morgan fingerprint density at radius 1 is 1.11 bits per heavy atom. The predicted octanol–water partition coefficient (Wildman–Crippen LogP) is 4.61. The number of halogens is 1. The van der Waals surface area contributed by atoms with Crippen LogP contribution in [0.2, 0.25) is 0 Å². The van der Waals surface area contributed by atoms with Crippen LogP contribution in [0.1, 0.15) is 30.4 Å². The van der Waals surface area contributed by atoms with Crippen LogP contribution in [-0.2, 0) is 11.2 Å². The maximum absolute atomic E-state index is 13.4. The van der Waals surface area contributed by atoms with Gasteiger partial charge in [-0.25, -0.2) is 4.98 Å². The summed E-state index contributed by atoms with van der Waals surface area (Å²) in [6.45, 7) is 4.39. The Bertz CT molecular complexity index is 1230.